The molecule has 0 bridgehead atoms. The van der Waals surface area contributed by atoms with Crippen LogP contribution in [0.4, 0.5) is 10.5 Å². The highest BCUT2D eigenvalue weighted by Crippen LogP contribution is 2.14. The number of nitro groups is 1. The topological polar surface area (TPSA) is 110 Å². The number of urea groups is 1. The zero-order valence-corrected chi connectivity index (χ0v) is 13.6. The number of amides is 2. The Morgan fingerprint density at radius 2 is 2.00 bits per heavy atom. The molecule has 8 nitrogen and oxygen atoms in total. The zero-order valence-electron chi connectivity index (χ0n) is 12.8. The molecule has 1 saturated heterocycles. The van der Waals surface area contributed by atoms with Gasteiger partial charge in [-0.2, -0.15) is 0 Å². The lowest BCUT2D eigenvalue weighted by atomic mass is 10.2. The fraction of sp³-hybridized carbons (Fsp3) is 0.500. The third-order valence-corrected chi connectivity index (χ3v) is 5.54. The fourth-order valence-electron chi connectivity index (χ4n) is 2.38. The monoisotopic (exact) mass is 341 g/mol. The van der Waals surface area contributed by atoms with Crippen LogP contribution in [0.3, 0.4) is 0 Å². The average molecular weight is 341 g/mol. The van der Waals surface area contributed by atoms with Crippen LogP contribution in [-0.4, -0.2) is 48.4 Å². The molecule has 1 aliphatic heterocycles. The third-order valence-electron chi connectivity index (χ3n) is 3.87. The van der Waals surface area contributed by atoms with Crippen LogP contribution >= 0.6 is 0 Å². The van der Waals surface area contributed by atoms with Crippen molar-refractivity contribution in [2.75, 3.05) is 18.1 Å². The van der Waals surface area contributed by atoms with E-state index in [-0.39, 0.29) is 42.4 Å². The highest BCUT2D eigenvalue weighted by molar-refractivity contribution is 7.91. The number of hydrogen-bond donors (Lipinski definition) is 1. The Hall–Kier alpha value is -2.16. The lowest BCUT2D eigenvalue weighted by Crippen LogP contribution is -2.45. The molecule has 1 fully saturated rings. The molecule has 0 aromatic heterocycles. The number of rotatable bonds is 3. The fourth-order valence-corrected chi connectivity index (χ4v) is 3.76. The number of nitrogens with zero attached hydrogens (tertiary/aromatic N) is 2. The second kappa shape index (κ2) is 6.95. The summed E-state index contributed by atoms with van der Waals surface area (Å²) in [6.45, 7) is 2.23. The first kappa shape index (κ1) is 17.2. The van der Waals surface area contributed by atoms with Crippen LogP contribution < -0.4 is 5.32 Å². The SMILES string of the molecule is C[C@@H]1CCS(=O)(=O)CCN1C(=O)NCc1ccc([N+](=O)[O-])cc1. The maximum atomic E-state index is 12.2. The number of carbonyl (C=O) groups is 1. The Morgan fingerprint density at radius 1 is 1.35 bits per heavy atom. The number of hydrogen-bond acceptors (Lipinski definition) is 5. The van der Waals surface area contributed by atoms with E-state index in [0.29, 0.717) is 6.42 Å². The molecule has 1 N–H and O–H groups in total. The van der Waals surface area contributed by atoms with E-state index in [9.17, 15) is 23.3 Å². The highest BCUT2D eigenvalue weighted by atomic mass is 32.2. The molecule has 2 rings (SSSR count). The summed E-state index contributed by atoms with van der Waals surface area (Å²) < 4.78 is 23.3. The predicted molar refractivity (Wildman–Crippen MR) is 84.8 cm³/mol. The predicted octanol–water partition coefficient (Wildman–Crippen LogP) is 1.31. The van der Waals surface area contributed by atoms with E-state index >= 15 is 0 Å². The van der Waals surface area contributed by atoms with Gasteiger partial charge in [-0.1, -0.05) is 12.1 Å². The molecule has 0 unspecified atom stereocenters. The van der Waals surface area contributed by atoms with Crippen LogP contribution in [0, 0.1) is 10.1 Å². The van der Waals surface area contributed by atoms with Gasteiger partial charge in [0.1, 0.15) is 0 Å². The van der Waals surface area contributed by atoms with Gasteiger partial charge in [0.15, 0.2) is 9.84 Å². The summed E-state index contributed by atoms with van der Waals surface area (Å²) in [5, 5.41) is 13.3. The number of nitrogens with one attached hydrogen (secondary N) is 1. The summed E-state index contributed by atoms with van der Waals surface area (Å²) in [5.41, 5.74) is 0.727. The second-order valence-corrected chi connectivity index (χ2v) is 7.87. The molecule has 1 aromatic rings. The normalized spacial score (nSPS) is 20.6. The molecule has 0 spiro atoms. The molecule has 23 heavy (non-hydrogen) atoms. The summed E-state index contributed by atoms with van der Waals surface area (Å²) >= 11 is 0. The number of benzene rings is 1. The number of sulfone groups is 1. The summed E-state index contributed by atoms with van der Waals surface area (Å²) in [7, 11) is -3.08. The van der Waals surface area contributed by atoms with Gasteiger partial charge in [0.05, 0.1) is 16.4 Å². The van der Waals surface area contributed by atoms with Gasteiger partial charge in [-0.15, -0.1) is 0 Å². The molecule has 1 aromatic carbocycles. The number of carbonyl (C=O) groups excluding carboxylic acids is 1. The Bertz CT molecular complexity index is 687. The first-order chi connectivity index (χ1) is 10.8. The van der Waals surface area contributed by atoms with E-state index < -0.39 is 14.8 Å². The molecular formula is C14H19N3O5S. The first-order valence-corrected chi connectivity index (χ1v) is 9.09. The average Bonchev–Trinajstić information content (AvgIpc) is 2.64. The zero-order chi connectivity index (χ0) is 17.0. The molecule has 1 aliphatic rings. The molecule has 0 radical (unpaired) electrons. The van der Waals surface area contributed by atoms with Crippen molar-refractivity contribution in [3.8, 4) is 0 Å². The highest BCUT2D eigenvalue weighted by Gasteiger charge is 2.27. The van der Waals surface area contributed by atoms with Crippen LogP contribution in [0.25, 0.3) is 0 Å². The minimum Gasteiger partial charge on any atom is -0.334 e. The van der Waals surface area contributed by atoms with Crippen LogP contribution in [0.2, 0.25) is 0 Å². The van der Waals surface area contributed by atoms with Crippen LogP contribution in [-0.2, 0) is 16.4 Å². The van der Waals surface area contributed by atoms with Gasteiger partial charge < -0.3 is 10.2 Å². The van der Waals surface area contributed by atoms with Crippen LogP contribution in [0.1, 0.15) is 18.9 Å². The maximum Gasteiger partial charge on any atom is 0.317 e. The van der Waals surface area contributed by atoms with Crippen molar-refractivity contribution >= 4 is 21.6 Å². The molecule has 9 heteroatoms. The van der Waals surface area contributed by atoms with Gasteiger partial charge in [0.2, 0.25) is 0 Å². The Labute approximate surface area is 134 Å². The summed E-state index contributed by atoms with van der Waals surface area (Å²) in [6, 6.07) is 5.44. The lowest BCUT2D eigenvalue weighted by Gasteiger charge is -2.26. The van der Waals surface area contributed by atoms with Crippen molar-refractivity contribution in [3.05, 3.63) is 39.9 Å². The minimum absolute atomic E-state index is 0.00794. The van der Waals surface area contributed by atoms with E-state index in [0.717, 1.165) is 5.56 Å². The quantitative estimate of drug-likeness (QED) is 0.658. The van der Waals surface area contributed by atoms with Gasteiger partial charge in [-0.25, -0.2) is 13.2 Å². The first-order valence-electron chi connectivity index (χ1n) is 7.27. The van der Waals surface area contributed by atoms with Gasteiger partial charge in [-0.3, -0.25) is 10.1 Å². The minimum atomic E-state index is -3.08. The largest absolute Gasteiger partial charge is 0.334 e. The van der Waals surface area contributed by atoms with Crippen molar-refractivity contribution in [2.24, 2.45) is 0 Å². The van der Waals surface area contributed by atoms with Crippen molar-refractivity contribution < 1.29 is 18.1 Å². The van der Waals surface area contributed by atoms with Crippen molar-refractivity contribution in [1.82, 2.24) is 10.2 Å². The van der Waals surface area contributed by atoms with E-state index in [1.165, 1.54) is 17.0 Å². The Kier molecular flexibility index (Phi) is 5.19. The summed E-state index contributed by atoms with van der Waals surface area (Å²) in [6.07, 6.45) is 0.424. The smallest absolute Gasteiger partial charge is 0.317 e. The van der Waals surface area contributed by atoms with Gasteiger partial charge in [0, 0.05) is 31.3 Å². The standard InChI is InChI=1S/C14H19N3O5S/c1-11-6-8-23(21,22)9-7-16(11)14(18)15-10-12-2-4-13(5-3-12)17(19)20/h2-5,11H,6-10H2,1H3,(H,15,18)/t11-/m1/s1. The number of non-ortho nitro benzene ring substituents is 1. The molecule has 126 valence electrons. The van der Waals surface area contributed by atoms with Crippen molar-refractivity contribution in [2.45, 2.75) is 25.9 Å². The second-order valence-electron chi connectivity index (χ2n) is 5.57. The van der Waals surface area contributed by atoms with E-state index in [1.54, 1.807) is 12.1 Å². The lowest BCUT2D eigenvalue weighted by molar-refractivity contribution is -0.384. The molecular weight excluding hydrogens is 322 g/mol. The van der Waals surface area contributed by atoms with E-state index in [1.807, 2.05) is 6.92 Å². The summed E-state index contributed by atoms with van der Waals surface area (Å²) in [4.78, 5) is 23.9. The molecule has 0 aliphatic carbocycles. The van der Waals surface area contributed by atoms with Gasteiger partial charge >= 0.3 is 6.03 Å². The van der Waals surface area contributed by atoms with E-state index in [2.05, 4.69) is 5.32 Å². The summed E-state index contributed by atoms with van der Waals surface area (Å²) in [5.74, 6) is 0.0720. The Morgan fingerprint density at radius 3 is 2.61 bits per heavy atom. The third kappa shape index (κ3) is 4.65. The van der Waals surface area contributed by atoms with Crippen LogP contribution in [0.15, 0.2) is 24.3 Å². The van der Waals surface area contributed by atoms with E-state index in [4.69, 9.17) is 0 Å². The van der Waals surface area contributed by atoms with Gasteiger partial charge in [0.25, 0.3) is 5.69 Å². The maximum absolute atomic E-state index is 12.2. The van der Waals surface area contributed by atoms with Crippen molar-refractivity contribution in [3.63, 3.8) is 0 Å². The number of nitro benzene ring substituents is 1. The van der Waals surface area contributed by atoms with Crippen molar-refractivity contribution in [1.29, 1.82) is 0 Å². The Balaban J connectivity index is 1.94. The molecule has 1 atom stereocenters. The molecule has 2 amide bonds. The molecule has 1 heterocycles. The molecule has 0 saturated carbocycles. The van der Waals surface area contributed by atoms with Gasteiger partial charge in [-0.05, 0) is 18.9 Å². The van der Waals surface area contributed by atoms with Crippen LogP contribution in [0.5, 0.6) is 0 Å².